The summed E-state index contributed by atoms with van der Waals surface area (Å²) in [5.41, 5.74) is -0.378. The molecule has 0 saturated carbocycles. The number of benzene rings is 2. The average molecular weight is 411 g/mol. The lowest BCUT2D eigenvalue weighted by atomic mass is 10.1. The topological polar surface area (TPSA) is 72.0 Å². The van der Waals surface area contributed by atoms with Gasteiger partial charge in [-0.3, -0.25) is 0 Å². The monoisotopic (exact) mass is 411 g/mol. The van der Waals surface area contributed by atoms with Gasteiger partial charge in [-0.1, -0.05) is 0 Å². The van der Waals surface area contributed by atoms with Gasteiger partial charge in [-0.05, 0) is 35.9 Å². The largest absolute Gasteiger partial charge is 0.324 e. The molecule has 0 aliphatic heterocycles. The summed E-state index contributed by atoms with van der Waals surface area (Å²) in [6.45, 7) is 0. The van der Waals surface area contributed by atoms with Crippen molar-refractivity contribution in [2.24, 2.45) is 0 Å². The van der Waals surface area contributed by atoms with Crippen LogP contribution in [0.5, 0.6) is 0 Å². The van der Waals surface area contributed by atoms with Gasteiger partial charge >= 0.3 is 0 Å². The summed E-state index contributed by atoms with van der Waals surface area (Å²) in [5.74, 6) is -4.04. The SMILES string of the molecule is CS(=O)(=O)Cc1cc(F)cc(Nc2ncc(F)c(-c3ccc(F)cc3F)n2)c1. The molecular formula is C18H13F4N3O2S. The highest BCUT2D eigenvalue weighted by atomic mass is 32.2. The van der Waals surface area contributed by atoms with E-state index in [-0.39, 0.29) is 28.5 Å². The van der Waals surface area contributed by atoms with E-state index in [1.165, 1.54) is 6.07 Å². The van der Waals surface area contributed by atoms with E-state index in [9.17, 15) is 26.0 Å². The standard InChI is InChI=1S/C18H13F4N3O2S/c1-28(26,27)9-10-4-12(20)6-13(5-10)24-18-23-8-16(22)17(25-18)14-3-2-11(19)7-15(14)21/h2-8H,9H2,1H3,(H,23,24,25). The Morgan fingerprint density at radius 3 is 2.39 bits per heavy atom. The van der Waals surface area contributed by atoms with Crippen LogP contribution in [0.3, 0.4) is 0 Å². The molecule has 2 aromatic carbocycles. The van der Waals surface area contributed by atoms with Crippen LogP contribution in [-0.2, 0) is 15.6 Å². The highest BCUT2D eigenvalue weighted by Crippen LogP contribution is 2.26. The van der Waals surface area contributed by atoms with Gasteiger partial charge in [0.2, 0.25) is 5.95 Å². The van der Waals surface area contributed by atoms with Crippen molar-refractivity contribution in [2.75, 3.05) is 11.6 Å². The fourth-order valence-corrected chi connectivity index (χ4v) is 3.31. The van der Waals surface area contributed by atoms with Crippen LogP contribution in [-0.4, -0.2) is 24.6 Å². The molecule has 5 nitrogen and oxygen atoms in total. The van der Waals surface area contributed by atoms with E-state index in [1.54, 1.807) is 0 Å². The number of nitrogens with one attached hydrogen (secondary N) is 1. The summed E-state index contributed by atoms with van der Waals surface area (Å²) in [5, 5.41) is 2.62. The molecule has 3 rings (SSSR count). The lowest BCUT2D eigenvalue weighted by Gasteiger charge is -2.10. The summed E-state index contributed by atoms with van der Waals surface area (Å²) in [6, 6.07) is 6.08. The van der Waals surface area contributed by atoms with Crippen molar-refractivity contribution in [3.63, 3.8) is 0 Å². The van der Waals surface area contributed by atoms with Gasteiger partial charge in [0, 0.05) is 23.6 Å². The van der Waals surface area contributed by atoms with Crippen molar-refractivity contribution in [3.8, 4) is 11.3 Å². The number of hydrogen-bond donors (Lipinski definition) is 1. The van der Waals surface area contributed by atoms with Crippen LogP contribution in [0.2, 0.25) is 0 Å². The number of halogens is 4. The number of sulfone groups is 1. The molecule has 3 aromatic rings. The average Bonchev–Trinajstić information content (AvgIpc) is 2.55. The smallest absolute Gasteiger partial charge is 0.227 e. The Morgan fingerprint density at radius 2 is 1.71 bits per heavy atom. The fraction of sp³-hybridized carbons (Fsp3) is 0.111. The third kappa shape index (κ3) is 4.83. The van der Waals surface area contributed by atoms with Gasteiger partial charge in [-0.15, -0.1) is 0 Å². The molecule has 1 heterocycles. The van der Waals surface area contributed by atoms with Crippen LogP contribution >= 0.6 is 0 Å². The Hall–Kier alpha value is -3.01. The third-order valence-corrected chi connectivity index (χ3v) is 4.43. The van der Waals surface area contributed by atoms with Crippen molar-refractivity contribution in [1.82, 2.24) is 9.97 Å². The lowest BCUT2D eigenvalue weighted by Crippen LogP contribution is -2.04. The summed E-state index contributed by atoms with van der Waals surface area (Å²) < 4.78 is 77.7. The van der Waals surface area contributed by atoms with Crippen LogP contribution in [0.1, 0.15) is 5.56 Å². The molecule has 146 valence electrons. The minimum absolute atomic E-state index is 0.121. The number of aromatic nitrogens is 2. The molecule has 0 bridgehead atoms. The van der Waals surface area contributed by atoms with Crippen molar-refractivity contribution < 1.29 is 26.0 Å². The molecule has 1 aromatic heterocycles. The number of rotatable bonds is 5. The second kappa shape index (κ2) is 7.55. The van der Waals surface area contributed by atoms with Gasteiger partial charge in [0.15, 0.2) is 15.7 Å². The minimum Gasteiger partial charge on any atom is -0.324 e. The normalized spacial score (nSPS) is 11.5. The summed E-state index contributed by atoms with van der Waals surface area (Å²) in [6.07, 6.45) is 1.79. The first-order chi connectivity index (χ1) is 13.1. The van der Waals surface area contributed by atoms with E-state index < -0.39 is 38.8 Å². The highest BCUT2D eigenvalue weighted by molar-refractivity contribution is 7.89. The zero-order valence-corrected chi connectivity index (χ0v) is 15.2. The molecular weight excluding hydrogens is 398 g/mol. The van der Waals surface area contributed by atoms with E-state index in [0.29, 0.717) is 6.07 Å². The molecule has 0 fully saturated rings. The van der Waals surface area contributed by atoms with Crippen LogP contribution < -0.4 is 5.32 Å². The summed E-state index contributed by atoms with van der Waals surface area (Å²) in [7, 11) is -3.39. The third-order valence-electron chi connectivity index (χ3n) is 3.57. The zero-order valence-electron chi connectivity index (χ0n) is 14.4. The van der Waals surface area contributed by atoms with E-state index >= 15 is 0 Å². The van der Waals surface area contributed by atoms with E-state index in [4.69, 9.17) is 0 Å². The Kier molecular flexibility index (Phi) is 5.32. The zero-order chi connectivity index (χ0) is 20.5. The maximum Gasteiger partial charge on any atom is 0.227 e. The fourth-order valence-electron chi connectivity index (χ4n) is 2.54. The molecule has 10 heteroatoms. The quantitative estimate of drug-likeness (QED) is 0.643. The van der Waals surface area contributed by atoms with Crippen molar-refractivity contribution in [3.05, 3.63) is 71.4 Å². The van der Waals surface area contributed by atoms with Crippen molar-refractivity contribution >= 4 is 21.5 Å². The summed E-state index contributed by atoms with van der Waals surface area (Å²) in [4.78, 5) is 7.57. The van der Waals surface area contributed by atoms with Gasteiger partial charge < -0.3 is 5.32 Å². The van der Waals surface area contributed by atoms with E-state index in [1.807, 2.05) is 0 Å². The Labute approximate surface area is 158 Å². The lowest BCUT2D eigenvalue weighted by molar-refractivity contribution is 0.580. The molecule has 0 spiro atoms. The predicted molar refractivity (Wildman–Crippen MR) is 95.6 cm³/mol. The maximum absolute atomic E-state index is 14.0. The molecule has 0 radical (unpaired) electrons. The van der Waals surface area contributed by atoms with Gasteiger partial charge in [-0.2, -0.15) is 0 Å². The second-order valence-corrected chi connectivity index (χ2v) is 8.20. The van der Waals surface area contributed by atoms with Crippen molar-refractivity contribution in [2.45, 2.75) is 5.75 Å². The first kappa shape index (κ1) is 19.7. The second-order valence-electron chi connectivity index (χ2n) is 6.06. The van der Waals surface area contributed by atoms with E-state index in [2.05, 4.69) is 15.3 Å². The van der Waals surface area contributed by atoms with Crippen LogP contribution in [0, 0.1) is 23.3 Å². The molecule has 0 aliphatic carbocycles. The number of anilines is 2. The first-order valence-electron chi connectivity index (χ1n) is 7.83. The van der Waals surface area contributed by atoms with Gasteiger partial charge in [0.1, 0.15) is 23.1 Å². The number of hydrogen-bond acceptors (Lipinski definition) is 5. The van der Waals surface area contributed by atoms with Crippen LogP contribution in [0.25, 0.3) is 11.3 Å². The minimum atomic E-state index is -3.39. The number of nitrogens with zero attached hydrogens (tertiary/aromatic N) is 2. The van der Waals surface area contributed by atoms with Crippen LogP contribution in [0.15, 0.2) is 42.6 Å². The van der Waals surface area contributed by atoms with E-state index in [0.717, 1.165) is 36.7 Å². The first-order valence-corrected chi connectivity index (χ1v) is 9.89. The molecule has 28 heavy (non-hydrogen) atoms. The van der Waals surface area contributed by atoms with Gasteiger partial charge in [-0.25, -0.2) is 35.9 Å². The Morgan fingerprint density at radius 1 is 0.964 bits per heavy atom. The van der Waals surface area contributed by atoms with Crippen LogP contribution in [0.4, 0.5) is 29.2 Å². The van der Waals surface area contributed by atoms with Gasteiger partial charge in [0.25, 0.3) is 0 Å². The molecule has 0 atom stereocenters. The molecule has 0 amide bonds. The maximum atomic E-state index is 14.0. The molecule has 0 aliphatic rings. The van der Waals surface area contributed by atoms with Crippen molar-refractivity contribution in [1.29, 1.82) is 0 Å². The predicted octanol–water partition coefficient (Wildman–Crippen LogP) is 3.99. The Bertz CT molecular complexity index is 1150. The highest BCUT2D eigenvalue weighted by Gasteiger charge is 2.15. The van der Waals surface area contributed by atoms with Gasteiger partial charge in [0.05, 0.1) is 11.9 Å². The Balaban J connectivity index is 1.96. The molecule has 1 N–H and O–H groups in total. The molecule has 0 unspecified atom stereocenters. The molecule has 0 saturated heterocycles. The summed E-state index contributed by atoms with van der Waals surface area (Å²) >= 11 is 0.